The van der Waals surface area contributed by atoms with Gasteiger partial charge in [-0.1, -0.05) is 56.3 Å². The second-order valence-corrected chi connectivity index (χ2v) is 6.07. The van der Waals surface area contributed by atoms with Gasteiger partial charge in [-0.3, -0.25) is 5.01 Å². The molecule has 4 nitrogen and oxygen atoms in total. The van der Waals surface area contributed by atoms with E-state index >= 15 is 0 Å². The average molecular weight is 308 g/mol. The molecule has 3 rings (SSSR count). The smallest absolute Gasteiger partial charge is 0.352 e. The lowest BCUT2D eigenvalue weighted by Crippen LogP contribution is -2.18. The maximum absolute atomic E-state index is 11.3. The first-order valence-electron chi connectivity index (χ1n) is 7.81. The molecule has 0 radical (unpaired) electrons. The molecule has 1 heterocycles. The Morgan fingerprint density at radius 2 is 1.78 bits per heavy atom. The lowest BCUT2D eigenvalue weighted by molar-refractivity contribution is -0.129. The highest BCUT2D eigenvalue weighted by atomic mass is 16.4. The van der Waals surface area contributed by atoms with Crippen molar-refractivity contribution >= 4 is 17.4 Å². The normalized spacial score (nSPS) is 17.4. The number of hydrazone groups is 1. The van der Waals surface area contributed by atoms with Crippen LogP contribution in [-0.2, 0) is 4.79 Å². The fourth-order valence-corrected chi connectivity index (χ4v) is 2.82. The Kier molecular flexibility index (Phi) is 4.15. The van der Waals surface area contributed by atoms with E-state index in [0.29, 0.717) is 12.3 Å². The fraction of sp³-hybridized carbons (Fsp3) is 0.263. The van der Waals surface area contributed by atoms with Gasteiger partial charge < -0.3 is 5.11 Å². The average Bonchev–Trinajstić information content (AvgIpc) is 3.01. The molecular weight excluding hydrogens is 288 g/mol. The standard InChI is InChI=1S/C19H20N2O2/c1-13(2)14-8-10-16(11-9-14)21-18(12-17(20-21)19(22)23)15-6-4-3-5-7-15/h3-11,13,18H,12H2,1-2H3,(H,22,23). The van der Waals surface area contributed by atoms with Gasteiger partial charge in [-0.25, -0.2) is 4.79 Å². The molecule has 118 valence electrons. The van der Waals surface area contributed by atoms with Crippen molar-refractivity contribution in [2.45, 2.75) is 32.2 Å². The summed E-state index contributed by atoms with van der Waals surface area (Å²) in [6.45, 7) is 4.30. The van der Waals surface area contributed by atoms with Crippen LogP contribution >= 0.6 is 0 Å². The molecule has 0 aromatic heterocycles. The monoisotopic (exact) mass is 308 g/mol. The van der Waals surface area contributed by atoms with Crippen LogP contribution in [0, 0.1) is 0 Å². The number of rotatable bonds is 4. The van der Waals surface area contributed by atoms with E-state index in [4.69, 9.17) is 0 Å². The minimum Gasteiger partial charge on any atom is -0.477 e. The van der Waals surface area contributed by atoms with Gasteiger partial charge in [0.1, 0.15) is 5.71 Å². The predicted molar refractivity (Wildman–Crippen MR) is 91.9 cm³/mol. The summed E-state index contributed by atoms with van der Waals surface area (Å²) in [4.78, 5) is 11.3. The maximum atomic E-state index is 11.3. The van der Waals surface area contributed by atoms with Gasteiger partial charge in [-0.05, 0) is 29.2 Å². The largest absolute Gasteiger partial charge is 0.477 e. The van der Waals surface area contributed by atoms with Gasteiger partial charge in [0.25, 0.3) is 0 Å². The molecular formula is C19H20N2O2. The summed E-state index contributed by atoms with van der Waals surface area (Å²) in [5.41, 5.74) is 3.44. The van der Waals surface area contributed by atoms with E-state index in [1.54, 1.807) is 0 Å². The first-order valence-corrected chi connectivity index (χ1v) is 7.81. The van der Waals surface area contributed by atoms with Crippen molar-refractivity contribution in [3.63, 3.8) is 0 Å². The molecule has 0 fully saturated rings. The van der Waals surface area contributed by atoms with Crippen LogP contribution in [-0.4, -0.2) is 16.8 Å². The Balaban J connectivity index is 1.96. The van der Waals surface area contributed by atoms with Crippen molar-refractivity contribution in [1.29, 1.82) is 0 Å². The van der Waals surface area contributed by atoms with Crippen molar-refractivity contribution in [1.82, 2.24) is 0 Å². The Morgan fingerprint density at radius 1 is 1.13 bits per heavy atom. The molecule has 4 heteroatoms. The van der Waals surface area contributed by atoms with Gasteiger partial charge in [-0.15, -0.1) is 0 Å². The van der Waals surface area contributed by atoms with Crippen LogP contribution < -0.4 is 5.01 Å². The van der Waals surface area contributed by atoms with E-state index in [0.717, 1.165) is 11.3 Å². The number of hydrogen-bond acceptors (Lipinski definition) is 3. The van der Waals surface area contributed by atoms with Crippen LogP contribution in [0.25, 0.3) is 0 Å². The Hall–Kier alpha value is -2.62. The zero-order valence-electron chi connectivity index (χ0n) is 13.3. The van der Waals surface area contributed by atoms with Crippen LogP contribution in [0.1, 0.15) is 43.4 Å². The number of hydrogen-bond donors (Lipinski definition) is 1. The highest BCUT2D eigenvalue weighted by Gasteiger charge is 2.32. The number of carbonyl (C=O) groups is 1. The van der Waals surface area contributed by atoms with Crippen LogP contribution in [0.3, 0.4) is 0 Å². The molecule has 1 aliphatic rings. The molecule has 1 atom stereocenters. The summed E-state index contributed by atoms with van der Waals surface area (Å²) in [5, 5.41) is 15.5. The molecule has 0 saturated heterocycles. The number of aliphatic carboxylic acids is 1. The van der Waals surface area contributed by atoms with E-state index in [1.165, 1.54) is 5.56 Å². The third-order valence-corrected chi connectivity index (χ3v) is 4.17. The number of carboxylic acids is 1. The zero-order valence-corrected chi connectivity index (χ0v) is 13.3. The molecule has 1 aliphatic heterocycles. The van der Waals surface area contributed by atoms with Crippen LogP contribution in [0.15, 0.2) is 59.7 Å². The maximum Gasteiger partial charge on any atom is 0.352 e. The molecule has 0 bridgehead atoms. The topological polar surface area (TPSA) is 52.9 Å². The number of carboxylic acid groups (broad SMARTS) is 1. The molecule has 2 aromatic carbocycles. The Labute approximate surface area is 136 Å². The van der Waals surface area contributed by atoms with Crippen molar-refractivity contribution < 1.29 is 9.90 Å². The van der Waals surface area contributed by atoms with Gasteiger partial charge in [-0.2, -0.15) is 5.10 Å². The van der Waals surface area contributed by atoms with Gasteiger partial charge in [0, 0.05) is 6.42 Å². The van der Waals surface area contributed by atoms with Crippen molar-refractivity contribution in [2.75, 3.05) is 5.01 Å². The Morgan fingerprint density at radius 3 is 2.35 bits per heavy atom. The van der Waals surface area contributed by atoms with Gasteiger partial charge in [0.2, 0.25) is 0 Å². The molecule has 2 aromatic rings. The van der Waals surface area contributed by atoms with Gasteiger partial charge in [0.05, 0.1) is 11.7 Å². The highest BCUT2D eigenvalue weighted by Crippen LogP contribution is 2.35. The molecule has 1 N–H and O–H groups in total. The van der Waals surface area contributed by atoms with E-state index in [-0.39, 0.29) is 11.8 Å². The zero-order chi connectivity index (χ0) is 16.4. The van der Waals surface area contributed by atoms with Crippen molar-refractivity contribution in [3.05, 3.63) is 65.7 Å². The second kappa shape index (κ2) is 6.24. The third-order valence-electron chi connectivity index (χ3n) is 4.17. The summed E-state index contributed by atoms with van der Waals surface area (Å²) in [7, 11) is 0. The predicted octanol–water partition coefficient (Wildman–Crippen LogP) is 4.20. The lowest BCUT2D eigenvalue weighted by atomic mass is 10.0. The second-order valence-electron chi connectivity index (χ2n) is 6.07. The minimum absolute atomic E-state index is 0.0767. The molecule has 0 amide bonds. The first kappa shape index (κ1) is 15.3. The van der Waals surface area contributed by atoms with Crippen LogP contribution in [0.2, 0.25) is 0 Å². The van der Waals surface area contributed by atoms with Gasteiger partial charge >= 0.3 is 5.97 Å². The van der Waals surface area contributed by atoms with E-state index < -0.39 is 5.97 Å². The Bertz CT molecular complexity index is 721. The summed E-state index contributed by atoms with van der Waals surface area (Å²) >= 11 is 0. The van der Waals surface area contributed by atoms with Crippen LogP contribution in [0.4, 0.5) is 5.69 Å². The highest BCUT2D eigenvalue weighted by molar-refractivity contribution is 6.36. The van der Waals surface area contributed by atoms with Crippen LogP contribution in [0.5, 0.6) is 0 Å². The van der Waals surface area contributed by atoms with E-state index in [1.807, 2.05) is 47.5 Å². The minimum atomic E-state index is -0.952. The van der Waals surface area contributed by atoms with Crippen molar-refractivity contribution in [2.24, 2.45) is 5.10 Å². The fourth-order valence-electron chi connectivity index (χ4n) is 2.82. The molecule has 0 spiro atoms. The number of nitrogens with zero attached hydrogens (tertiary/aromatic N) is 2. The number of anilines is 1. The SMILES string of the molecule is CC(C)c1ccc(N2N=C(C(=O)O)CC2c2ccccc2)cc1. The van der Waals surface area contributed by atoms with E-state index in [2.05, 4.69) is 31.1 Å². The van der Waals surface area contributed by atoms with Gasteiger partial charge in [0.15, 0.2) is 0 Å². The summed E-state index contributed by atoms with van der Waals surface area (Å²) in [6.07, 6.45) is 0.408. The lowest BCUT2D eigenvalue weighted by Gasteiger charge is -2.24. The molecule has 23 heavy (non-hydrogen) atoms. The molecule has 1 unspecified atom stereocenters. The number of benzene rings is 2. The van der Waals surface area contributed by atoms with Crippen molar-refractivity contribution in [3.8, 4) is 0 Å². The van der Waals surface area contributed by atoms with E-state index in [9.17, 15) is 9.90 Å². The first-order chi connectivity index (χ1) is 11.1. The molecule has 0 saturated carbocycles. The summed E-state index contributed by atoms with van der Waals surface area (Å²) < 4.78 is 0. The quantitative estimate of drug-likeness (QED) is 0.921. The molecule has 0 aliphatic carbocycles. The third kappa shape index (κ3) is 3.11. The summed E-state index contributed by atoms with van der Waals surface area (Å²) in [5.74, 6) is -0.488. The summed E-state index contributed by atoms with van der Waals surface area (Å²) in [6, 6.07) is 18.0.